The van der Waals surface area contributed by atoms with E-state index >= 15 is 0 Å². The van der Waals surface area contributed by atoms with E-state index in [0.29, 0.717) is 32.1 Å². The van der Waals surface area contributed by atoms with Crippen molar-refractivity contribution in [2.45, 2.75) is 106 Å². The van der Waals surface area contributed by atoms with Crippen molar-refractivity contribution in [2.75, 3.05) is 6.54 Å². The van der Waals surface area contributed by atoms with Gasteiger partial charge in [0.15, 0.2) is 5.78 Å². The number of amides is 1. The number of halogens is 3. The fourth-order valence-electron chi connectivity index (χ4n) is 11.1. The summed E-state index contributed by atoms with van der Waals surface area (Å²) in [5, 5.41) is 12.1. The van der Waals surface area contributed by atoms with Crippen LogP contribution in [0.3, 0.4) is 0 Å². The third kappa shape index (κ3) is 4.10. The van der Waals surface area contributed by atoms with E-state index in [-0.39, 0.29) is 45.7 Å². The van der Waals surface area contributed by atoms with Crippen LogP contribution in [0.15, 0.2) is 11.6 Å². The summed E-state index contributed by atoms with van der Waals surface area (Å²) in [5.74, 6) is -1.43. The maximum absolute atomic E-state index is 14.5. The number of carbonyl (C=O) groups is 3. The summed E-state index contributed by atoms with van der Waals surface area (Å²) in [6.45, 7) is 13.4. The van der Waals surface area contributed by atoms with Crippen LogP contribution in [0.2, 0.25) is 0 Å². The Kier molecular flexibility index (Phi) is 6.59. The highest BCUT2D eigenvalue weighted by Crippen LogP contribution is 2.75. The highest BCUT2D eigenvalue weighted by Gasteiger charge is 2.73. The Balaban J connectivity index is 1.59. The topological polar surface area (TPSA) is 87.0 Å². The number of nitrogens with zero attached hydrogens (tertiary/aromatic N) is 1. The molecule has 5 nitrogen and oxygen atoms in total. The van der Waals surface area contributed by atoms with Gasteiger partial charge in [-0.1, -0.05) is 54.5 Å². The molecule has 5 aliphatic carbocycles. The minimum Gasteiger partial charge on any atom is -0.346 e. The molecule has 0 heterocycles. The SMILES string of the molecule is CC1(C)CC[C@]2(C(=O)NCC(F)(F)F)CC[C@]3(C)[C@H](C(=O)CC4[C@@]5(C)C=C(C#N)C(=O)C(C)(C)[C@@H]5CC[C@]43C)[C@@H]2C1. The van der Waals surface area contributed by atoms with Gasteiger partial charge in [0.05, 0.1) is 11.0 Å². The lowest BCUT2D eigenvalue weighted by Gasteiger charge is -2.71. The number of alkyl halides is 3. The number of ketones is 2. The Morgan fingerprint density at radius 3 is 2.22 bits per heavy atom. The highest BCUT2D eigenvalue weighted by molar-refractivity contribution is 6.04. The van der Waals surface area contributed by atoms with Gasteiger partial charge in [-0.15, -0.1) is 0 Å². The Morgan fingerprint density at radius 1 is 0.976 bits per heavy atom. The lowest BCUT2D eigenvalue weighted by atomic mass is 9.31. The monoisotopic (exact) mass is 574 g/mol. The van der Waals surface area contributed by atoms with E-state index in [1.165, 1.54) is 0 Å². The molecule has 5 rings (SSSR count). The summed E-state index contributed by atoms with van der Waals surface area (Å²) in [6.07, 6.45) is 2.16. The Bertz CT molecular complexity index is 1260. The zero-order valence-corrected chi connectivity index (χ0v) is 25.6. The van der Waals surface area contributed by atoms with Crippen molar-refractivity contribution in [3.05, 3.63) is 11.6 Å². The Labute approximate surface area is 242 Å². The molecule has 4 fully saturated rings. The van der Waals surface area contributed by atoms with E-state index in [1.54, 1.807) is 0 Å². The molecule has 0 bridgehead atoms. The standard InChI is InChI=1S/C33H45F3N2O3/c1-27(2)10-12-32(26(41)38-18-33(34,35)36)13-11-31(7)24(20(32)16-27)21(39)14-23-29(5)15-19(17-37)25(40)28(3,4)22(29)8-9-30(23,31)6/h15,20,22-24H,8-14,16,18H2,1-7H3,(H,38,41)/t20-,22-,23?,24-,29-,30+,31+,32-/m0/s1. The Hall–Kier alpha value is -2.17. The second-order valence-electron chi connectivity index (χ2n) is 16.1. The average molecular weight is 575 g/mol. The molecule has 1 N–H and O–H groups in total. The van der Waals surface area contributed by atoms with Crippen molar-refractivity contribution in [1.82, 2.24) is 5.32 Å². The highest BCUT2D eigenvalue weighted by atomic mass is 19.4. The molecule has 226 valence electrons. The van der Waals surface area contributed by atoms with Crippen LogP contribution in [-0.2, 0) is 14.4 Å². The van der Waals surface area contributed by atoms with Crippen LogP contribution in [0.1, 0.15) is 99.8 Å². The van der Waals surface area contributed by atoms with E-state index in [0.717, 1.165) is 19.3 Å². The number of hydrogen-bond acceptors (Lipinski definition) is 4. The molecule has 0 aromatic heterocycles. The second kappa shape index (κ2) is 8.92. The first kappa shape index (κ1) is 30.3. The van der Waals surface area contributed by atoms with E-state index in [2.05, 4.69) is 46.0 Å². The summed E-state index contributed by atoms with van der Waals surface area (Å²) >= 11 is 0. The van der Waals surface area contributed by atoms with Gasteiger partial charge in [-0.3, -0.25) is 14.4 Å². The molecule has 0 aromatic rings. The molecule has 4 saturated carbocycles. The maximum atomic E-state index is 14.5. The third-order valence-electron chi connectivity index (χ3n) is 13.4. The predicted molar refractivity (Wildman–Crippen MR) is 148 cm³/mol. The number of nitriles is 1. The van der Waals surface area contributed by atoms with Gasteiger partial charge in [0, 0.05) is 17.8 Å². The summed E-state index contributed by atoms with van der Waals surface area (Å²) in [7, 11) is 0. The van der Waals surface area contributed by atoms with Gasteiger partial charge in [-0.25, -0.2) is 0 Å². The van der Waals surface area contributed by atoms with Gasteiger partial charge in [-0.05, 0) is 84.4 Å². The lowest BCUT2D eigenvalue weighted by Crippen LogP contribution is -2.69. The predicted octanol–water partition coefficient (Wildman–Crippen LogP) is 6.96. The van der Waals surface area contributed by atoms with Crippen LogP contribution in [-0.4, -0.2) is 30.2 Å². The van der Waals surface area contributed by atoms with Crippen LogP contribution >= 0.6 is 0 Å². The van der Waals surface area contributed by atoms with Crippen molar-refractivity contribution in [1.29, 1.82) is 5.26 Å². The molecule has 1 amide bonds. The molecular weight excluding hydrogens is 529 g/mol. The quantitative estimate of drug-likeness (QED) is 0.386. The second-order valence-corrected chi connectivity index (χ2v) is 16.1. The normalized spacial score (nSPS) is 44.8. The van der Waals surface area contributed by atoms with E-state index in [1.807, 2.05) is 19.9 Å². The van der Waals surface area contributed by atoms with Crippen molar-refractivity contribution >= 4 is 17.5 Å². The number of Topliss-reactive ketones (excluding diaryl/α,β-unsaturated/α-hetero) is 2. The first-order valence-electron chi connectivity index (χ1n) is 15.2. The summed E-state index contributed by atoms with van der Waals surface area (Å²) in [4.78, 5) is 41.4. The molecule has 41 heavy (non-hydrogen) atoms. The average Bonchev–Trinajstić information content (AvgIpc) is 2.85. The number of nitrogens with one attached hydrogen (secondary N) is 1. The maximum Gasteiger partial charge on any atom is 0.405 e. The fraction of sp³-hybridized carbons (Fsp3) is 0.818. The van der Waals surface area contributed by atoms with Crippen LogP contribution in [0.4, 0.5) is 13.2 Å². The smallest absolute Gasteiger partial charge is 0.346 e. The number of rotatable bonds is 2. The van der Waals surface area contributed by atoms with Gasteiger partial charge >= 0.3 is 6.18 Å². The van der Waals surface area contributed by atoms with Gasteiger partial charge in [0.2, 0.25) is 5.91 Å². The first-order chi connectivity index (χ1) is 18.7. The molecule has 0 spiro atoms. The number of carbonyl (C=O) groups excluding carboxylic acids is 3. The number of fused-ring (bicyclic) bond motifs is 7. The molecule has 0 aromatic carbocycles. The van der Waals surface area contributed by atoms with Crippen LogP contribution < -0.4 is 5.32 Å². The number of hydrogen-bond donors (Lipinski definition) is 1. The largest absolute Gasteiger partial charge is 0.405 e. The molecule has 8 atom stereocenters. The third-order valence-corrected chi connectivity index (χ3v) is 13.4. The van der Waals surface area contributed by atoms with E-state index in [9.17, 15) is 32.8 Å². The van der Waals surface area contributed by atoms with Crippen LogP contribution in [0.25, 0.3) is 0 Å². The van der Waals surface area contributed by atoms with Gasteiger partial charge in [0.1, 0.15) is 18.4 Å². The molecule has 0 saturated heterocycles. The van der Waals surface area contributed by atoms with Gasteiger partial charge < -0.3 is 5.32 Å². The minimum absolute atomic E-state index is 0.00457. The van der Waals surface area contributed by atoms with Crippen molar-refractivity contribution < 1.29 is 27.6 Å². The Morgan fingerprint density at radius 2 is 1.61 bits per heavy atom. The van der Waals surface area contributed by atoms with Crippen molar-refractivity contribution in [3.8, 4) is 6.07 Å². The molecule has 0 aliphatic heterocycles. The summed E-state index contributed by atoms with van der Waals surface area (Å²) in [5.41, 5.74) is -2.95. The molecule has 5 aliphatic rings. The molecule has 1 unspecified atom stereocenters. The molecule has 0 radical (unpaired) electrons. The fourth-order valence-corrected chi connectivity index (χ4v) is 11.1. The molecular formula is C33H45F3N2O3. The molecule has 8 heteroatoms. The van der Waals surface area contributed by atoms with Gasteiger partial charge in [-0.2, -0.15) is 18.4 Å². The minimum atomic E-state index is -4.50. The van der Waals surface area contributed by atoms with Crippen molar-refractivity contribution in [2.24, 2.45) is 56.2 Å². The summed E-state index contributed by atoms with van der Waals surface area (Å²) < 4.78 is 39.4. The van der Waals surface area contributed by atoms with E-state index < -0.39 is 46.2 Å². The van der Waals surface area contributed by atoms with E-state index in [4.69, 9.17) is 0 Å². The summed E-state index contributed by atoms with van der Waals surface area (Å²) in [6, 6.07) is 2.14. The lowest BCUT2D eigenvalue weighted by molar-refractivity contribution is -0.222. The van der Waals surface area contributed by atoms with Crippen LogP contribution in [0, 0.1) is 67.5 Å². The number of allylic oxidation sites excluding steroid dienone is 2. The van der Waals surface area contributed by atoms with Gasteiger partial charge in [0.25, 0.3) is 0 Å². The van der Waals surface area contributed by atoms with Crippen LogP contribution in [0.5, 0.6) is 0 Å². The zero-order valence-electron chi connectivity index (χ0n) is 25.6. The first-order valence-corrected chi connectivity index (χ1v) is 15.2. The van der Waals surface area contributed by atoms with Crippen molar-refractivity contribution in [3.63, 3.8) is 0 Å². The zero-order chi connectivity index (χ0) is 30.6.